The quantitative estimate of drug-likeness (QED) is 0.508. The van der Waals surface area contributed by atoms with Gasteiger partial charge in [-0.05, 0) is 0 Å². The average Bonchev–Trinajstić information content (AvgIpc) is 0.811. The SMILES string of the molecule is O=[C](O)[Sb]. The van der Waals surface area contributed by atoms with Crippen molar-refractivity contribution >= 4 is 26.9 Å². The second kappa shape index (κ2) is 1.59. The third-order valence-corrected chi connectivity index (χ3v) is 0. The third-order valence-electron chi connectivity index (χ3n) is 0. The van der Waals surface area contributed by atoms with Crippen molar-refractivity contribution in [1.29, 1.82) is 0 Å². The molecule has 0 amide bonds. The summed E-state index contributed by atoms with van der Waals surface area (Å²) < 4.78 is -0.783. The molecule has 0 aromatic rings. The van der Waals surface area contributed by atoms with Gasteiger partial charge >= 0.3 is 36.8 Å². The molecular formula is CHO2Sb. The Balaban J connectivity index is 2.80. The summed E-state index contributed by atoms with van der Waals surface area (Å²) in [6.45, 7) is 0. The maximum atomic E-state index is 9.02. The van der Waals surface area contributed by atoms with E-state index >= 15 is 0 Å². The molecule has 0 aliphatic carbocycles. The average molecular weight is 167 g/mol. The summed E-state index contributed by atoms with van der Waals surface area (Å²) in [4.78, 5) is 9.02. The molecular weight excluding hydrogens is 166 g/mol. The molecule has 2 nitrogen and oxygen atoms in total. The summed E-state index contributed by atoms with van der Waals surface area (Å²) in [5.41, 5.74) is 0. The molecule has 0 heterocycles. The minimum absolute atomic E-state index is 0.783. The molecule has 22 valence electrons. The molecule has 0 unspecified atom stereocenters. The Kier molecular flexibility index (Phi) is 1.71. The first-order valence-electron chi connectivity index (χ1n) is 0.651. The standard InChI is InChI=1S/CHO2.Sb/c2-1-3;/h(H,2,3);. The first kappa shape index (κ1) is 4.29. The van der Waals surface area contributed by atoms with E-state index in [2.05, 4.69) is 0 Å². The summed E-state index contributed by atoms with van der Waals surface area (Å²) in [5.74, 6) is 0. The zero-order valence-electron chi connectivity index (χ0n) is 1.80. The number of hydrogen-bond acceptors (Lipinski definition) is 1. The maximum absolute atomic E-state index is 9.02. The first-order valence-corrected chi connectivity index (χ1v) is 1.93. The molecule has 0 spiro atoms. The molecule has 0 atom stereocenters. The molecule has 0 saturated heterocycles. The Morgan fingerprint density at radius 3 is 2.00 bits per heavy atom. The number of carboxylic acid groups (broad SMARTS) is 1. The van der Waals surface area contributed by atoms with Gasteiger partial charge in [-0.2, -0.15) is 0 Å². The van der Waals surface area contributed by atoms with Crippen LogP contribution in [0.5, 0.6) is 0 Å². The van der Waals surface area contributed by atoms with Gasteiger partial charge in [0.2, 0.25) is 0 Å². The first-order chi connectivity index (χ1) is 1.73. The van der Waals surface area contributed by atoms with Crippen molar-refractivity contribution in [3.63, 3.8) is 0 Å². The topological polar surface area (TPSA) is 37.3 Å². The minimum atomic E-state index is -0.783. The van der Waals surface area contributed by atoms with Crippen molar-refractivity contribution in [1.82, 2.24) is 0 Å². The van der Waals surface area contributed by atoms with Crippen molar-refractivity contribution in [2.24, 2.45) is 0 Å². The van der Waals surface area contributed by atoms with Crippen LogP contribution < -0.4 is 0 Å². The van der Waals surface area contributed by atoms with Crippen LogP contribution in [0.1, 0.15) is 0 Å². The van der Waals surface area contributed by atoms with Crippen molar-refractivity contribution in [2.45, 2.75) is 0 Å². The van der Waals surface area contributed by atoms with E-state index in [1.807, 2.05) is 0 Å². The predicted octanol–water partition coefficient (Wildman–Crippen LogP) is -0.167. The van der Waals surface area contributed by atoms with Crippen LogP contribution in [0.3, 0.4) is 0 Å². The van der Waals surface area contributed by atoms with E-state index in [0.29, 0.717) is 0 Å². The molecule has 0 aromatic carbocycles. The van der Waals surface area contributed by atoms with E-state index in [4.69, 9.17) is 9.90 Å². The second-order valence-corrected chi connectivity index (χ2v) is 1.37. The fourth-order valence-corrected chi connectivity index (χ4v) is 0. The fourth-order valence-electron chi connectivity index (χ4n) is 0. The Morgan fingerprint density at radius 1 is 2.00 bits per heavy atom. The van der Waals surface area contributed by atoms with Gasteiger partial charge in [0, 0.05) is 0 Å². The van der Waals surface area contributed by atoms with Crippen molar-refractivity contribution in [2.75, 3.05) is 0 Å². The van der Waals surface area contributed by atoms with E-state index < -0.39 is 3.92 Å². The van der Waals surface area contributed by atoms with Crippen LogP contribution in [0, 0.1) is 0 Å². The Hall–Kier alpha value is 0.288. The Bertz CT molecular complexity index is 29.0. The summed E-state index contributed by atoms with van der Waals surface area (Å²) >= 11 is 0.789. The zero-order chi connectivity index (χ0) is 3.58. The molecule has 0 saturated carbocycles. The van der Waals surface area contributed by atoms with Gasteiger partial charge < -0.3 is 0 Å². The van der Waals surface area contributed by atoms with Crippen LogP contribution >= 0.6 is 0 Å². The monoisotopic (exact) mass is 166 g/mol. The van der Waals surface area contributed by atoms with E-state index in [1.54, 1.807) is 0 Å². The van der Waals surface area contributed by atoms with Crippen LogP contribution in [0.25, 0.3) is 0 Å². The van der Waals surface area contributed by atoms with Gasteiger partial charge in [-0.25, -0.2) is 0 Å². The third kappa shape index (κ3) is 45.7. The summed E-state index contributed by atoms with van der Waals surface area (Å²) in [6.07, 6.45) is 0. The van der Waals surface area contributed by atoms with E-state index in [1.165, 1.54) is 0 Å². The van der Waals surface area contributed by atoms with Gasteiger partial charge in [0.05, 0.1) is 0 Å². The molecule has 0 fully saturated rings. The molecule has 0 aliphatic rings. The van der Waals surface area contributed by atoms with Gasteiger partial charge in [-0.15, -0.1) is 0 Å². The van der Waals surface area contributed by atoms with Crippen LogP contribution in [0.15, 0.2) is 0 Å². The van der Waals surface area contributed by atoms with E-state index in [0.717, 1.165) is 23.0 Å². The summed E-state index contributed by atoms with van der Waals surface area (Å²) in [5, 5.41) is 7.44. The summed E-state index contributed by atoms with van der Waals surface area (Å²) in [6, 6.07) is 0. The second-order valence-electron chi connectivity index (χ2n) is 0.283. The van der Waals surface area contributed by atoms with Gasteiger partial charge in [-0.3, -0.25) is 0 Å². The van der Waals surface area contributed by atoms with E-state index in [9.17, 15) is 0 Å². The molecule has 0 bridgehead atoms. The molecule has 0 aromatic heterocycles. The van der Waals surface area contributed by atoms with Crippen molar-refractivity contribution < 1.29 is 9.90 Å². The molecule has 1 N–H and O–H groups in total. The number of hydrogen-bond donors (Lipinski definition) is 1. The van der Waals surface area contributed by atoms with Gasteiger partial charge in [-0.1, -0.05) is 0 Å². The predicted molar refractivity (Wildman–Crippen MR) is 13.8 cm³/mol. The fraction of sp³-hybridized carbons (Fsp3) is 0. The van der Waals surface area contributed by atoms with Crippen LogP contribution in [0.4, 0.5) is 4.79 Å². The van der Waals surface area contributed by atoms with Crippen LogP contribution in [0.2, 0.25) is 0 Å². The van der Waals surface area contributed by atoms with Crippen LogP contribution in [-0.2, 0) is 0 Å². The van der Waals surface area contributed by atoms with E-state index in [-0.39, 0.29) is 0 Å². The van der Waals surface area contributed by atoms with Gasteiger partial charge in [0.1, 0.15) is 0 Å². The van der Waals surface area contributed by atoms with Crippen LogP contribution in [-0.4, -0.2) is 32.0 Å². The van der Waals surface area contributed by atoms with Gasteiger partial charge in [0.25, 0.3) is 0 Å². The molecule has 4 heavy (non-hydrogen) atoms. The Morgan fingerprint density at radius 2 is 2.00 bits per heavy atom. The number of carbonyl (C=O) groups is 1. The molecule has 0 rings (SSSR count). The van der Waals surface area contributed by atoms with Crippen molar-refractivity contribution in [3.8, 4) is 0 Å². The van der Waals surface area contributed by atoms with Crippen molar-refractivity contribution in [3.05, 3.63) is 0 Å². The van der Waals surface area contributed by atoms with Gasteiger partial charge in [0.15, 0.2) is 0 Å². The molecule has 2 radical (unpaired) electrons. The number of rotatable bonds is 0. The molecule has 3 heteroatoms. The normalized spacial score (nSPS) is 6.25. The molecule has 0 aliphatic heterocycles. The summed E-state index contributed by atoms with van der Waals surface area (Å²) in [7, 11) is 0. The zero-order valence-corrected chi connectivity index (χ0v) is 4.36. The Labute approximate surface area is 37.3 Å².